The summed E-state index contributed by atoms with van der Waals surface area (Å²) in [4.78, 5) is 70.5. The van der Waals surface area contributed by atoms with E-state index in [1.54, 1.807) is 12.1 Å². The maximum absolute atomic E-state index is 12.8. The second-order valence-electron chi connectivity index (χ2n) is 7.65. The number of hydrogen-bond donors (Lipinski definition) is 8. The molecule has 0 radical (unpaired) electrons. The van der Waals surface area contributed by atoms with Gasteiger partial charge in [0.2, 0.25) is 23.6 Å². The van der Waals surface area contributed by atoms with Crippen LogP contribution in [0.4, 0.5) is 0 Å². The fraction of sp³-hybridized carbons (Fsp3) is 0.429. The third kappa shape index (κ3) is 11.5. The molecular weight excluding hydrogens is 466 g/mol. The molecule has 0 saturated carbocycles. The molecule has 0 aromatic heterocycles. The van der Waals surface area contributed by atoms with Gasteiger partial charge in [-0.15, -0.1) is 0 Å². The van der Waals surface area contributed by atoms with E-state index in [0.29, 0.717) is 5.56 Å². The molecule has 4 amide bonds. The number of benzene rings is 1. The number of carboxylic acids is 2. The van der Waals surface area contributed by atoms with E-state index in [2.05, 4.69) is 16.0 Å². The molecule has 0 bridgehead atoms. The highest BCUT2D eigenvalue weighted by atomic mass is 16.4. The summed E-state index contributed by atoms with van der Waals surface area (Å²) in [6.07, 6.45) is -1.35. The average molecular weight is 495 g/mol. The zero-order chi connectivity index (χ0) is 26.5. The number of phenols is 1. The Morgan fingerprint density at radius 3 is 1.89 bits per heavy atom. The van der Waals surface area contributed by atoms with Crippen molar-refractivity contribution in [3.63, 3.8) is 0 Å². The number of phenolic OH excluding ortho intramolecular Hbond substituents is 1. The van der Waals surface area contributed by atoms with Crippen LogP contribution in [0.2, 0.25) is 0 Å². The van der Waals surface area contributed by atoms with Crippen molar-refractivity contribution < 1.29 is 44.1 Å². The van der Waals surface area contributed by atoms with E-state index in [4.69, 9.17) is 21.7 Å². The predicted molar refractivity (Wildman–Crippen MR) is 120 cm³/mol. The van der Waals surface area contributed by atoms with E-state index in [9.17, 15) is 33.9 Å². The molecule has 0 spiro atoms. The van der Waals surface area contributed by atoms with Crippen LogP contribution in [0, 0.1) is 0 Å². The SMILES string of the molecule is NC(=O)CCC(NC(=O)C(CCC(=O)O)NC(=O)C(N)Cc1ccc(O)cc1)C(=O)NCC(=O)O. The topological polar surface area (TPSA) is 251 Å². The molecule has 3 atom stereocenters. The molecule has 14 nitrogen and oxygen atoms in total. The van der Waals surface area contributed by atoms with Crippen molar-refractivity contribution in [3.8, 4) is 5.75 Å². The largest absolute Gasteiger partial charge is 0.508 e. The summed E-state index contributed by atoms with van der Waals surface area (Å²) in [6.45, 7) is -0.743. The number of aliphatic carboxylic acids is 2. The van der Waals surface area contributed by atoms with Crippen LogP contribution in [0.5, 0.6) is 5.75 Å². The number of carbonyl (C=O) groups is 6. The summed E-state index contributed by atoms with van der Waals surface area (Å²) in [5.74, 6) is -5.94. The Hall–Kier alpha value is -4.20. The van der Waals surface area contributed by atoms with Crippen LogP contribution in [-0.4, -0.2) is 75.6 Å². The number of hydrogen-bond acceptors (Lipinski definition) is 8. The summed E-state index contributed by atoms with van der Waals surface area (Å²) in [6, 6.07) is 2.03. The minimum absolute atomic E-state index is 0.0236. The van der Waals surface area contributed by atoms with Gasteiger partial charge in [0.05, 0.1) is 6.04 Å². The molecule has 0 aliphatic carbocycles. The Bertz CT molecular complexity index is 936. The lowest BCUT2D eigenvalue weighted by Gasteiger charge is -2.23. The molecular formula is C21H29N5O9. The van der Waals surface area contributed by atoms with E-state index >= 15 is 0 Å². The number of carbonyl (C=O) groups excluding carboxylic acids is 4. The fourth-order valence-corrected chi connectivity index (χ4v) is 2.91. The third-order valence-electron chi connectivity index (χ3n) is 4.73. The van der Waals surface area contributed by atoms with Crippen LogP contribution in [0.1, 0.15) is 31.2 Å². The van der Waals surface area contributed by atoms with Crippen LogP contribution >= 0.6 is 0 Å². The van der Waals surface area contributed by atoms with Gasteiger partial charge in [0, 0.05) is 12.8 Å². The highest BCUT2D eigenvalue weighted by Gasteiger charge is 2.29. The van der Waals surface area contributed by atoms with Gasteiger partial charge >= 0.3 is 11.9 Å². The molecule has 0 aliphatic rings. The number of primary amides is 1. The molecule has 0 heterocycles. The van der Waals surface area contributed by atoms with Crippen molar-refractivity contribution >= 4 is 35.6 Å². The third-order valence-corrected chi connectivity index (χ3v) is 4.73. The van der Waals surface area contributed by atoms with Crippen molar-refractivity contribution in [2.24, 2.45) is 11.5 Å². The Labute approximate surface area is 200 Å². The van der Waals surface area contributed by atoms with Crippen LogP contribution in [0.3, 0.4) is 0 Å². The van der Waals surface area contributed by atoms with Gasteiger partial charge in [0.1, 0.15) is 24.4 Å². The Balaban J connectivity index is 2.92. The summed E-state index contributed by atoms with van der Waals surface area (Å²) in [5.41, 5.74) is 11.6. The van der Waals surface area contributed by atoms with Crippen LogP contribution in [0.15, 0.2) is 24.3 Å². The van der Waals surface area contributed by atoms with Crippen molar-refractivity contribution in [3.05, 3.63) is 29.8 Å². The Morgan fingerprint density at radius 2 is 1.34 bits per heavy atom. The predicted octanol–water partition coefficient (Wildman–Crippen LogP) is -2.44. The van der Waals surface area contributed by atoms with Gasteiger partial charge in [-0.05, 0) is 37.0 Å². The van der Waals surface area contributed by atoms with Gasteiger partial charge in [0.15, 0.2) is 0 Å². The molecule has 192 valence electrons. The first-order valence-electron chi connectivity index (χ1n) is 10.5. The Kier molecular flexibility index (Phi) is 11.7. The van der Waals surface area contributed by atoms with Gasteiger partial charge in [-0.2, -0.15) is 0 Å². The van der Waals surface area contributed by atoms with E-state index in [1.165, 1.54) is 12.1 Å². The fourth-order valence-electron chi connectivity index (χ4n) is 2.91. The van der Waals surface area contributed by atoms with E-state index in [-0.39, 0.29) is 31.4 Å². The van der Waals surface area contributed by atoms with Crippen LogP contribution in [-0.2, 0) is 35.2 Å². The van der Waals surface area contributed by atoms with Gasteiger partial charge in [-0.25, -0.2) is 0 Å². The van der Waals surface area contributed by atoms with Crippen molar-refractivity contribution in [2.75, 3.05) is 6.54 Å². The standard InChI is InChI=1S/C21H29N5O9/c22-13(9-11-1-3-12(27)4-2-11)19(33)25-15(6-8-17(29)30)21(35)26-14(5-7-16(23)28)20(34)24-10-18(31)32/h1-4,13-15,27H,5-10,22H2,(H2,23,28)(H,24,34)(H,25,33)(H,26,35)(H,29,30)(H,31,32). The lowest BCUT2D eigenvalue weighted by atomic mass is 10.0. The first kappa shape index (κ1) is 28.8. The monoisotopic (exact) mass is 495 g/mol. The molecule has 3 unspecified atom stereocenters. The smallest absolute Gasteiger partial charge is 0.322 e. The van der Waals surface area contributed by atoms with Crippen molar-refractivity contribution in [1.29, 1.82) is 0 Å². The number of nitrogens with two attached hydrogens (primary N) is 2. The van der Waals surface area contributed by atoms with Gasteiger partial charge < -0.3 is 42.7 Å². The second-order valence-corrected chi connectivity index (χ2v) is 7.65. The zero-order valence-electron chi connectivity index (χ0n) is 18.7. The summed E-state index contributed by atoms with van der Waals surface area (Å²) < 4.78 is 0. The molecule has 14 heteroatoms. The summed E-state index contributed by atoms with van der Waals surface area (Å²) in [5, 5.41) is 33.8. The molecule has 0 fully saturated rings. The van der Waals surface area contributed by atoms with Gasteiger partial charge in [0.25, 0.3) is 0 Å². The normalized spacial score (nSPS) is 13.1. The molecule has 1 rings (SSSR count). The van der Waals surface area contributed by atoms with E-state index < -0.39 is 66.7 Å². The molecule has 1 aromatic rings. The number of aromatic hydroxyl groups is 1. The second kappa shape index (κ2) is 14.1. The highest BCUT2D eigenvalue weighted by molar-refractivity contribution is 5.94. The van der Waals surface area contributed by atoms with Crippen molar-refractivity contribution in [1.82, 2.24) is 16.0 Å². The minimum Gasteiger partial charge on any atom is -0.508 e. The molecule has 1 aromatic carbocycles. The first-order valence-corrected chi connectivity index (χ1v) is 10.5. The van der Waals surface area contributed by atoms with Gasteiger partial charge in [-0.3, -0.25) is 28.8 Å². The zero-order valence-corrected chi connectivity index (χ0v) is 18.7. The number of nitrogens with one attached hydrogen (secondary N) is 3. The van der Waals surface area contributed by atoms with E-state index in [0.717, 1.165) is 0 Å². The molecule has 0 aliphatic heterocycles. The molecule has 10 N–H and O–H groups in total. The number of amides is 4. The van der Waals surface area contributed by atoms with Crippen molar-refractivity contribution in [2.45, 2.75) is 50.2 Å². The molecule has 0 saturated heterocycles. The first-order chi connectivity index (χ1) is 16.4. The highest BCUT2D eigenvalue weighted by Crippen LogP contribution is 2.11. The lowest BCUT2D eigenvalue weighted by Crippen LogP contribution is -2.56. The van der Waals surface area contributed by atoms with Gasteiger partial charge in [-0.1, -0.05) is 12.1 Å². The van der Waals surface area contributed by atoms with Crippen LogP contribution < -0.4 is 27.4 Å². The maximum Gasteiger partial charge on any atom is 0.322 e. The van der Waals surface area contributed by atoms with Crippen LogP contribution in [0.25, 0.3) is 0 Å². The quantitative estimate of drug-likeness (QED) is 0.128. The average Bonchev–Trinajstić information content (AvgIpc) is 2.78. The Morgan fingerprint density at radius 1 is 0.800 bits per heavy atom. The number of rotatable bonds is 15. The minimum atomic E-state index is -1.40. The maximum atomic E-state index is 12.8. The van der Waals surface area contributed by atoms with E-state index in [1.807, 2.05) is 0 Å². The summed E-state index contributed by atoms with van der Waals surface area (Å²) in [7, 11) is 0. The lowest BCUT2D eigenvalue weighted by molar-refractivity contribution is -0.139. The molecule has 35 heavy (non-hydrogen) atoms. The number of carboxylic acid groups (broad SMARTS) is 2. The summed E-state index contributed by atoms with van der Waals surface area (Å²) >= 11 is 0.